The molecule has 0 heterocycles. The number of rotatable bonds is 2. The van der Waals surface area contributed by atoms with Crippen LogP contribution in [0.2, 0.25) is 5.02 Å². The molecule has 0 radical (unpaired) electrons. The third kappa shape index (κ3) is 2.52. The van der Waals surface area contributed by atoms with E-state index in [2.05, 4.69) is 15.9 Å². The second kappa shape index (κ2) is 5.46. The fourth-order valence-corrected chi connectivity index (χ4v) is 4.67. The van der Waals surface area contributed by atoms with Crippen molar-refractivity contribution in [3.8, 4) is 5.75 Å². The van der Waals surface area contributed by atoms with Gasteiger partial charge in [0, 0.05) is 21.7 Å². The van der Waals surface area contributed by atoms with E-state index in [0.717, 1.165) is 16.6 Å². The zero-order chi connectivity index (χ0) is 13.5. The van der Waals surface area contributed by atoms with E-state index in [4.69, 9.17) is 27.9 Å². The molecular formula is C15H17BrCl2O. The molecular weight excluding hydrogens is 347 g/mol. The van der Waals surface area contributed by atoms with E-state index >= 15 is 0 Å². The standard InChI is InChI=1S/C15H17BrCl2O/c16-10-4-5-12(11(17)8-10)19-14-9-13(18)15(14)6-2-1-3-7-15/h4-5,8,13-14H,1-3,6-7,9H2. The summed E-state index contributed by atoms with van der Waals surface area (Å²) in [5.74, 6) is 0.781. The second-order valence-electron chi connectivity index (χ2n) is 5.68. The molecule has 0 bridgehead atoms. The number of ether oxygens (including phenoxy) is 1. The summed E-state index contributed by atoms with van der Waals surface area (Å²) in [6.45, 7) is 0. The lowest BCUT2D eigenvalue weighted by Crippen LogP contribution is -2.58. The van der Waals surface area contributed by atoms with Crippen LogP contribution < -0.4 is 4.74 Å². The van der Waals surface area contributed by atoms with Crippen LogP contribution in [-0.4, -0.2) is 11.5 Å². The maximum Gasteiger partial charge on any atom is 0.138 e. The first-order chi connectivity index (χ1) is 9.12. The average Bonchev–Trinajstić information content (AvgIpc) is 2.42. The number of halogens is 3. The summed E-state index contributed by atoms with van der Waals surface area (Å²) >= 11 is 16.1. The van der Waals surface area contributed by atoms with Gasteiger partial charge in [0.05, 0.1) is 5.02 Å². The smallest absolute Gasteiger partial charge is 0.138 e. The minimum Gasteiger partial charge on any atom is -0.488 e. The van der Waals surface area contributed by atoms with Crippen LogP contribution in [0.25, 0.3) is 0 Å². The predicted octanol–water partition coefficient (Wildman–Crippen LogP) is 5.81. The van der Waals surface area contributed by atoms with Gasteiger partial charge in [0.1, 0.15) is 11.9 Å². The fourth-order valence-electron chi connectivity index (χ4n) is 3.43. The Balaban J connectivity index is 1.76. The highest BCUT2D eigenvalue weighted by molar-refractivity contribution is 9.10. The van der Waals surface area contributed by atoms with Gasteiger partial charge in [-0.3, -0.25) is 0 Å². The van der Waals surface area contributed by atoms with Crippen molar-refractivity contribution in [1.82, 2.24) is 0 Å². The highest BCUT2D eigenvalue weighted by Gasteiger charge is 2.55. The number of alkyl halides is 1. The Morgan fingerprint density at radius 3 is 2.58 bits per heavy atom. The van der Waals surface area contributed by atoms with E-state index in [0.29, 0.717) is 5.02 Å². The molecule has 4 heteroatoms. The minimum atomic E-state index is 0.191. The molecule has 1 spiro atoms. The van der Waals surface area contributed by atoms with Gasteiger partial charge in [-0.1, -0.05) is 46.8 Å². The monoisotopic (exact) mass is 362 g/mol. The molecule has 2 fully saturated rings. The van der Waals surface area contributed by atoms with E-state index in [9.17, 15) is 0 Å². The summed E-state index contributed by atoms with van der Waals surface area (Å²) < 4.78 is 7.14. The molecule has 1 aromatic carbocycles. The normalized spacial score (nSPS) is 29.0. The van der Waals surface area contributed by atoms with Gasteiger partial charge >= 0.3 is 0 Å². The third-order valence-electron chi connectivity index (χ3n) is 4.63. The molecule has 0 aliphatic heterocycles. The summed E-state index contributed by atoms with van der Waals surface area (Å²) in [5, 5.41) is 0.936. The first kappa shape index (κ1) is 14.0. The Hall–Kier alpha value is 0.0800. The van der Waals surface area contributed by atoms with Crippen LogP contribution in [0.5, 0.6) is 5.75 Å². The molecule has 0 saturated heterocycles. The van der Waals surface area contributed by atoms with Crippen molar-refractivity contribution in [2.45, 2.75) is 50.0 Å². The lowest BCUT2D eigenvalue weighted by Gasteiger charge is -2.55. The van der Waals surface area contributed by atoms with Crippen molar-refractivity contribution < 1.29 is 4.74 Å². The predicted molar refractivity (Wildman–Crippen MR) is 83.3 cm³/mol. The fraction of sp³-hybridized carbons (Fsp3) is 0.600. The van der Waals surface area contributed by atoms with Gasteiger partial charge in [-0.25, -0.2) is 0 Å². The van der Waals surface area contributed by atoms with Gasteiger partial charge in [0.25, 0.3) is 0 Å². The van der Waals surface area contributed by atoms with Crippen LogP contribution in [-0.2, 0) is 0 Å². The lowest BCUT2D eigenvalue weighted by atomic mass is 9.58. The average molecular weight is 364 g/mol. The maximum absolute atomic E-state index is 6.49. The van der Waals surface area contributed by atoms with Crippen molar-refractivity contribution >= 4 is 39.1 Å². The molecule has 19 heavy (non-hydrogen) atoms. The number of benzene rings is 1. The van der Waals surface area contributed by atoms with E-state index in [1.807, 2.05) is 18.2 Å². The van der Waals surface area contributed by atoms with Crippen molar-refractivity contribution in [1.29, 1.82) is 0 Å². The topological polar surface area (TPSA) is 9.23 Å². The maximum atomic E-state index is 6.49. The Bertz CT molecular complexity index is 471. The summed E-state index contributed by atoms with van der Waals surface area (Å²) in [6, 6.07) is 5.78. The summed E-state index contributed by atoms with van der Waals surface area (Å²) in [4.78, 5) is 0. The molecule has 0 aromatic heterocycles. The van der Waals surface area contributed by atoms with Crippen molar-refractivity contribution in [2.24, 2.45) is 5.41 Å². The van der Waals surface area contributed by atoms with Crippen LogP contribution in [0.4, 0.5) is 0 Å². The van der Waals surface area contributed by atoms with Gasteiger partial charge in [-0.15, -0.1) is 11.6 Å². The highest BCUT2D eigenvalue weighted by Crippen LogP contribution is 2.56. The molecule has 2 saturated carbocycles. The molecule has 2 unspecified atom stereocenters. The summed E-state index contributed by atoms with van der Waals surface area (Å²) in [5.41, 5.74) is 0.191. The number of hydrogen-bond donors (Lipinski definition) is 0. The van der Waals surface area contributed by atoms with Crippen LogP contribution in [0.1, 0.15) is 38.5 Å². The first-order valence-corrected chi connectivity index (χ1v) is 8.48. The van der Waals surface area contributed by atoms with Gasteiger partial charge in [-0.2, -0.15) is 0 Å². The van der Waals surface area contributed by atoms with Crippen LogP contribution in [0.3, 0.4) is 0 Å². The summed E-state index contributed by atoms with van der Waals surface area (Å²) in [6.07, 6.45) is 7.44. The minimum absolute atomic E-state index is 0.191. The van der Waals surface area contributed by atoms with Gasteiger partial charge in [0.2, 0.25) is 0 Å². The first-order valence-electron chi connectivity index (χ1n) is 6.87. The zero-order valence-corrected chi connectivity index (χ0v) is 13.8. The van der Waals surface area contributed by atoms with E-state index in [1.54, 1.807) is 0 Å². The van der Waals surface area contributed by atoms with Crippen molar-refractivity contribution in [3.05, 3.63) is 27.7 Å². The molecule has 0 amide bonds. The van der Waals surface area contributed by atoms with Crippen molar-refractivity contribution in [2.75, 3.05) is 0 Å². The van der Waals surface area contributed by atoms with E-state index in [-0.39, 0.29) is 16.9 Å². The second-order valence-corrected chi connectivity index (χ2v) is 7.53. The summed E-state index contributed by atoms with van der Waals surface area (Å²) in [7, 11) is 0. The van der Waals surface area contributed by atoms with Crippen LogP contribution in [0.15, 0.2) is 22.7 Å². The molecule has 3 rings (SSSR count). The molecule has 104 valence electrons. The van der Waals surface area contributed by atoms with Gasteiger partial charge in [0.15, 0.2) is 0 Å². The quantitative estimate of drug-likeness (QED) is 0.602. The molecule has 1 aromatic rings. The molecule has 2 aliphatic rings. The lowest BCUT2D eigenvalue weighted by molar-refractivity contribution is -0.0649. The molecule has 2 aliphatic carbocycles. The Morgan fingerprint density at radius 1 is 1.21 bits per heavy atom. The number of hydrogen-bond acceptors (Lipinski definition) is 1. The van der Waals surface area contributed by atoms with Gasteiger partial charge < -0.3 is 4.74 Å². The zero-order valence-electron chi connectivity index (χ0n) is 10.7. The molecule has 0 N–H and O–H groups in total. The molecule has 1 nitrogen and oxygen atoms in total. The Morgan fingerprint density at radius 2 is 1.95 bits per heavy atom. The van der Waals surface area contributed by atoms with E-state index in [1.165, 1.54) is 32.1 Å². The van der Waals surface area contributed by atoms with Gasteiger partial charge in [-0.05, 0) is 31.0 Å². The van der Waals surface area contributed by atoms with Crippen molar-refractivity contribution in [3.63, 3.8) is 0 Å². The molecule has 2 atom stereocenters. The van der Waals surface area contributed by atoms with E-state index < -0.39 is 0 Å². The Kier molecular flexibility index (Phi) is 4.03. The Labute approximate surface area is 132 Å². The van der Waals surface area contributed by atoms with Crippen LogP contribution >= 0.6 is 39.1 Å². The highest BCUT2D eigenvalue weighted by atomic mass is 79.9. The van der Waals surface area contributed by atoms with Crippen LogP contribution in [0, 0.1) is 5.41 Å². The largest absolute Gasteiger partial charge is 0.488 e. The SMILES string of the molecule is Clc1cc(Br)ccc1OC1CC(Cl)C12CCCCC2. The third-order valence-corrected chi connectivity index (χ3v) is 6.04.